The summed E-state index contributed by atoms with van der Waals surface area (Å²) in [7, 11) is 0. The molecule has 2 aromatic rings. The molecule has 1 N–H and O–H groups in total. The molecule has 0 aliphatic carbocycles. The van der Waals surface area contributed by atoms with Crippen LogP contribution in [0.25, 0.3) is 0 Å². The van der Waals surface area contributed by atoms with Crippen LogP contribution in [0.4, 0.5) is 23.2 Å². The standard InChI is InChI=1S/C15H13F4NS/c1-21-13-4-2-3-12(8-13)20-9-10-5-6-11(16)7-14(10)15(17,18)19/h2-8,20H,9H2,1H3. The molecule has 0 amide bonds. The van der Waals surface area contributed by atoms with E-state index in [9.17, 15) is 17.6 Å². The summed E-state index contributed by atoms with van der Waals surface area (Å²) >= 11 is 1.54. The average Bonchev–Trinajstić information content (AvgIpc) is 2.45. The molecule has 0 unspecified atom stereocenters. The highest BCUT2D eigenvalue weighted by Crippen LogP contribution is 2.33. The van der Waals surface area contributed by atoms with E-state index < -0.39 is 17.6 Å². The normalized spacial score (nSPS) is 11.5. The molecule has 1 nitrogen and oxygen atoms in total. The molecule has 0 atom stereocenters. The molecule has 2 rings (SSSR count). The van der Waals surface area contributed by atoms with Crippen LogP contribution in [0.5, 0.6) is 0 Å². The Morgan fingerprint density at radius 3 is 2.52 bits per heavy atom. The van der Waals surface area contributed by atoms with Gasteiger partial charge in [-0.3, -0.25) is 0 Å². The van der Waals surface area contributed by atoms with E-state index in [2.05, 4.69) is 5.32 Å². The molecule has 21 heavy (non-hydrogen) atoms. The van der Waals surface area contributed by atoms with Gasteiger partial charge in [-0.25, -0.2) is 4.39 Å². The molecule has 0 spiro atoms. The van der Waals surface area contributed by atoms with Crippen molar-refractivity contribution in [3.8, 4) is 0 Å². The van der Waals surface area contributed by atoms with E-state index in [1.54, 1.807) is 17.8 Å². The van der Waals surface area contributed by atoms with Gasteiger partial charge in [0.2, 0.25) is 0 Å². The maximum absolute atomic E-state index is 13.0. The summed E-state index contributed by atoms with van der Waals surface area (Å²) in [6, 6.07) is 10.1. The topological polar surface area (TPSA) is 12.0 Å². The number of nitrogens with one attached hydrogen (secondary N) is 1. The second kappa shape index (κ2) is 6.39. The molecular weight excluding hydrogens is 302 g/mol. The van der Waals surface area contributed by atoms with Gasteiger partial charge in [-0.15, -0.1) is 11.8 Å². The Balaban J connectivity index is 2.20. The minimum absolute atomic E-state index is 0.0125. The SMILES string of the molecule is CSc1cccc(NCc2ccc(F)cc2C(F)(F)F)c1. The van der Waals surface area contributed by atoms with Gasteiger partial charge in [0.1, 0.15) is 5.82 Å². The fourth-order valence-electron chi connectivity index (χ4n) is 1.90. The highest BCUT2D eigenvalue weighted by molar-refractivity contribution is 7.98. The third-order valence-corrected chi connectivity index (χ3v) is 3.66. The van der Waals surface area contributed by atoms with Crippen molar-refractivity contribution < 1.29 is 17.6 Å². The zero-order valence-corrected chi connectivity index (χ0v) is 12.0. The van der Waals surface area contributed by atoms with Crippen LogP contribution in [0, 0.1) is 5.82 Å². The second-order valence-electron chi connectivity index (χ2n) is 4.38. The van der Waals surface area contributed by atoms with E-state index in [1.807, 2.05) is 24.5 Å². The fraction of sp³-hybridized carbons (Fsp3) is 0.200. The van der Waals surface area contributed by atoms with Crippen LogP contribution in [0.2, 0.25) is 0 Å². The van der Waals surface area contributed by atoms with Crippen molar-refractivity contribution in [3.05, 3.63) is 59.4 Å². The summed E-state index contributed by atoms with van der Waals surface area (Å²) in [5.74, 6) is -0.893. The lowest BCUT2D eigenvalue weighted by atomic mass is 10.1. The van der Waals surface area contributed by atoms with Gasteiger partial charge in [0.25, 0.3) is 0 Å². The van der Waals surface area contributed by atoms with Gasteiger partial charge >= 0.3 is 6.18 Å². The van der Waals surface area contributed by atoms with E-state index in [0.29, 0.717) is 6.07 Å². The molecule has 0 aliphatic rings. The van der Waals surface area contributed by atoms with Gasteiger partial charge in [-0.2, -0.15) is 13.2 Å². The summed E-state index contributed by atoms with van der Waals surface area (Å²) in [6.45, 7) is -0.0209. The van der Waals surface area contributed by atoms with E-state index >= 15 is 0 Å². The molecule has 112 valence electrons. The maximum Gasteiger partial charge on any atom is 0.416 e. The lowest BCUT2D eigenvalue weighted by Gasteiger charge is -2.14. The predicted molar refractivity (Wildman–Crippen MR) is 77.0 cm³/mol. The quantitative estimate of drug-likeness (QED) is 0.616. The van der Waals surface area contributed by atoms with Gasteiger partial charge in [0, 0.05) is 17.1 Å². The summed E-state index contributed by atoms with van der Waals surface area (Å²) in [4.78, 5) is 1.01. The van der Waals surface area contributed by atoms with Crippen molar-refractivity contribution in [1.82, 2.24) is 0 Å². The third-order valence-electron chi connectivity index (χ3n) is 2.93. The minimum atomic E-state index is -4.57. The van der Waals surface area contributed by atoms with Crippen molar-refractivity contribution in [2.75, 3.05) is 11.6 Å². The summed E-state index contributed by atoms with van der Waals surface area (Å²) in [5, 5.41) is 2.93. The Labute approximate surface area is 124 Å². The Bertz CT molecular complexity index is 625. The summed E-state index contributed by atoms with van der Waals surface area (Å²) in [5.41, 5.74) is -0.214. The van der Waals surface area contributed by atoms with E-state index in [4.69, 9.17) is 0 Å². The Morgan fingerprint density at radius 1 is 1.10 bits per heavy atom. The number of anilines is 1. The molecule has 0 fully saturated rings. The first kappa shape index (κ1) is 15.7. The van der Waals surface area contributed by atoms with Crippen LogP contribution in [0.1, 0.15) is 11.1 Å². The summed E-state index contributed by atoms with van der Waals surface area (Å²) < 4.78 is 51.6. The molecule has 6 heteroatoms. The van der Waals surface area contributed by atoms with Crippen LogP contribution >= 0.6 is 11.8 Å². The molecular formula is C15H13F4NS. The predicted octanol–water partition coefficient (Wildman–Crippen LogP) is 5.18. The molecule has 0 aromatic heterocycles. The number of rotatable bonds is 4. The smallest absolute Gasteiger partial charge is 0.381 e. The average molecular weight is 315 g/mol. The lowest BCUT2D eigenvalue weighted by Crippen LogP contribution is -2.12. The van der Waals surface area contributed by atoms with Gasteiger partial charge < -0.3 is 5.32 Å². The molecule has 0 radical (unpaired) electrons. The van der Waals surface area contributed by atoms with Crippen molar-refractivity contribution in [1.29, 1.82) is 0 Å². The lowest BCUT2D eigenvalue weighted by molar-refractivity contribution is -0.138. The molecule has 0 aliphatic heterocycles. The number of alkyl halides is 3. The zero-order chi connectivity index (χ0) is 15.5. The first-order valence-electron chi connectivity index (χ1n) is 6.13. The Hall–Kier alpha value is -1.69. The number of thioether (sulfide) groups is 1. The van der Waals surface area contributed by atoms with Gasteiger partial charge in [0.15, 0.2) is 0 Å². The van der Waals surface area contributed by atoms with Crippen molar-refractivity contribution in [2.45, 2.75) is 17.6 Å². The third kappa shape index (κ3) is 4.14. The monoisotopic (exact) mass is 315 g/mol. The van der Waals surface area contributed by atoms with Crippen LogP contribution < -0.4 is 5.32 Å². The van der Waals surface area contributed by atoms with Crippen molar-refractivity contribution in [2.24, 2.45) is 0 Å². The van der Waals surface area contributed by atoms with Crippen LogP contribution in [0.3, 0.4) is 0 Å². The highest BCUT2D eigenvalue weighted by Gasteiger charge is 2.33. The zero-order valence-electron chi connectivity index (χ0n) is 11.2. The van der Waals surface area contributed by atoms with E-state index in [1.165, 1.54) is 0 Å². The van der Waals surface area contributed by atoms with Gasteiger partial charge in [0.05, 0.1) is 5.56 Å². The number of hydrogen-bond donors (Lipinski definition) is 1. The second-order valence-corrected chi connectivity index (χ2v) is 5.26. The molecule has 0 bridgehead atoms. The first-order chi connectivity index (χ1) is 9.90. The van der Waals surface area contributed by atoms with E-state index in [-0.39, 0.29) is 12.1 Å². The summed E-state index contributed by atoms with van der Waals surface area (Å²) in [6.07, 6.45) is -2.65. The van der Waals surface area contributed by atoms with Crippen molar-refractivity contribution in [3.63, 3.8) is 0 Å². The van der Waals surface area contributed by atoms with Crippen LogP contribution in [-0.4, -0.2) is 6.26 Å². The molecule has 0 saturated heterocycles. The maximum atomic E-state index is 13.0. The molecule has 0 saturated carbocycles. The fourth-order valence-corrected chi connectivity index (χ4v) is 2.36. The highest BCUT2D eigenvalue weighted by atomic mass is 32.2. The Morgan fingerprint density at radius 2 is 1.86 bits per heavy atom. The van der Waals surface area contributed by atoms with Gasteiger partial charge in [-0.05, 0) is 42.2 Å². The largest absolute Gasteiger partial charge is 0.416 e. The number of hydrogen-bond acceptors (Lipinski definition) is 2. The minimum Gasteiger partial charge on any atom is -0.381 e. The number of benzene rings is 2. The molecule has 0 heterocycles. The van der Waals surface area contributed by atoms with E-state index in [0.717, 1.165) is 22.7 Å². The van der Waals surface area contributed by atoms with Crippen LogP contribution in [-0.2, 0) is 12.7 Å². The van der Waals surface area contributed by atoms with Crippen molar-refractivity contribution >= 4 is 17.4 Å². The Kier molecular flexibility index (Phi) is 4.77. The number of halogens is 4. The van der Waals surface area contributed by atoms with Gasteiger partial charge in [-0.1, -0.05) is 12.1 Å². The first-order valence-corrected chi connectivity index (χ1v) is 7.36. The van der Waals surface area contributed by atoms with Crippen LogP contribution in [0.15, 0.2) is 47.4 Å². The molecule has 2 aromatic carbocycles.